The van der Waals surface area contributed by atoms with Crippen molar-refractivity contribution in [3.05, 3.63) is 28.2 Å². The molecule has 3 heteroatoms. The number of hydrogen-bond donors (Lipinski definition) is 1. The predicted molar refractivity (Wildman–Crippen MR) is 91.3 cm³/mol. The largest absolute Gasteiger partial charge is 0.371 e. The second kappa shape index (κ2) is 7.46. The standard InChI is InChI=1S/C17H27BrN2/c1-4-19-12-14-9-10-15(18)11-17(14)20(3)16-8-6-5-7-13(16)2/h9-11,13,16,19H,4-8,12H2,1-3H3. The van der Waals surface area contributed by atoms with Gasteiger partial charge in [-0.05, 0) is 43.0 Å². The molecule has 0 radical (unpaired) electrons. The van der Waals surface area contributed by atoms with Crippen LogP contribution in [0.1, 0.15) is 45.1 Å². The highest BCUT2D eigenvalue weighted by Crippen LogP contribution is 2.33. The van der Waals surface area contributed by atoms with E-state index in [0.717, 1.165) is 19.0 Å². The number of rotatable bonds is 5. The summed E-state index contributed by atoms with van der Waals surface area (Å²) >= 11 is 3.62. The second-order valence-corrected chi connectivity index (χ2v) is 6.91. The molecule has 1 saturated carbocycles. The molecule has 2 atom stereocenters. The van der Waals surface area contributed by atoms with E-state index in [1.807, 2.05) is 0 Å². The zero-order chi connectivity index (χ0) is 14.5. The summed E-state index contributed by atoms with van der Waals surface area (Å²) in [7, 11) is 2.27. The van der Waals surface area contributed by atoms with Crippen LogP contribution in [0.2, 0.25) is 0 Å². The minimum absolute atomic E-state index is 0.679. The van der Waals surface area contributed by atoms with Crippen LogP contribution in [0.15, 0.2) is 22.7 Å². The number of nitrogens with one attached hydrogen (secondary N) is 1. The highest BCUT2D eigenvalue weighted by molar-refractivity contribution is 9.10. The Morgan fingerprint density at radius 1 is 1.30 bits per heavy atom. The minimum Gasteiger partial charge on any atom is -0.371 e. The quantitative estimate of drug-likeness (QED) is 0.845. The molecule has 2 rings (SSSR count). The third-order valence-electron chi connectivity index (χ3n) is 4.56. The molecule has 2 nitrogen and oxygen atoms in total. The first-order valence-corrected chi connectivity index (χ1v) is 8.64. The Balaban J connectivity index is 2.22. The predicted octanol–water partition coefficient (Wildman–Crippen LogP) is 4.57. The van der Waals surface area contributed by atoms with Crippen molar-refractivity contribution in [1.29, 1.82) is 0 Å². The van der Waals surface area contributed by atoms with Crippen LogP contribution < -0.4 is 10.2 Å². The van der Waals surface area contributed by atoms with Crippen molar-refractivity contribution in [2.75, 3.05) is 18.5 Å². The average molecular weight is 339 g/mol. The van der Waals surface area contributed by atoms with E-state index in [1.165, 1.54) is 41.4 Å². The van der Waals surface area contributed by atoms with Crippen LogP contribution in [0, 0.1) is 5.92 Å². The van der Waals surface area contributed by atoms with Gasteiger partial charge in [-0.2, -0.15) is 0 Å². The van der Waals surface area contributed by atoms with E-state index in [4.69, 9.17) is 0 Å². The van der Waals surface area contributed by atoms with Crippen LogP contribution >= 0.6 is 15.9 Å². The molecule has 1 aromatic carbocycles. The van der Waals surface area contributed by atoms with Crippen LogP contribution in [0.4, 0.5) is 5.69 Å². The molecule has 0 heterocycles. The van der Waals surface area contributed by atoms with Gasteiger partial charge in [-0.15, -0.1) is 0 Å². The molecule has 1 fully saturated rings. The number of hydrogen-bond acceptors (Lipinski definition) is 2. The Hall–Kier alpha value is -0.540. The fraction of sp³-hybridized carbons (Fsp3) is 0.647. The molecule has 1 N–H and O–H groups in total. The van der Waals surface area contributed by atoms with Crippen molar-refractivity contribution in [3.8, 4) is 0 Å². The van der Waals surface area contributed by atoms with Gasteiger partial charge < -0.3 is 10.2 Å². The van der Waals surface area contributed by atoms with Gasteiger partial charge in [0.15, 0.2) is 0 Å². The molecule has 1 aliphatic carbocycles. The van der Waals surface area contributed by atoms with Crippen molar-refractivity contribution in [2.24, 2.45) is 5.92 Å². The van der Waals surface area contributed by atoms with Crippen molar-refractivity contribution in [1.82, 2.24) is 5.32 Å². The van der Waals surface area contributed by atoms with Gasteiger partial charge in [0.25, 0.3) is 0 Å². The van der Waals surface area contributed by atoms with Gasteiger partial charge in [-0.3, -0.25) is 0 Å². The molecule has 0 aromatic heterocycles. The van der Waals surface area contributed by atoms with Crippen molar-refractivity contribution < 1.29 is 0 Å². The van der Waals surface area contributed by atoms with E-state index < -0.39 is 0 Å². The number of anilines is 1. The molecule has 1 aliphatic rings. The van der Waals surface area contributed by atoms with Gasteiger partial charge in [-0.1, -0.05) is 48.7 Å². The lowest BCUT2D eigenvalue weighted by molar-refractivity contribution is 0.321. The van der Waals surface area contributed by atoms with Crippen LogP contribution in [0.5, 0.6) is 0 Å². The third kappa shape index (κ3) is 3.76. The highest BCUT2D eigenvalue weighted by Gasteiger charge is 2.26. The Labute approximate surface area is 132 Å². The van der Waals surface area contributed by atoms with Crippen LogP contribution in [0.25, 0.3) is 0 Å². The van der Waals surface area contributed by atoms with Crippen LogP contribution in [-0.4, -0.2) is 19.6 Å². The van der Waals surface area contributed by atoms with E-state index in [1.54, 1.807) is 0 Å². The van der Waals surface area contributed by atoms with E-state index in [9.17, 15) is 0 Å². The Bertz CT molecular complexity index is 433. The highest BCUT2D eigenvalue weighted by atomic mass is 79.9. The summed E-state index contributed by atoms with van der Waals surface area (Å²) in [5, 5.41) is 3.45. The fourth-order valence-corrected chi connectivity index (χ4v) is 3.67. The van der Waals surface area contributed by atoms with Gasteiger partial charge in [-0.25, -0.2) is 0 Å². The second-order valence-electron chi connectivity index (χ2n) is 5.99. The third-order valence-corrected chi connectivity index (χ3v) is 5.05. The number of nitrogens with zero attached hydrogens (tertiary/aromatic N) is 1. The van der Waals surface area contributed by atoms with Crippen LogP contribution in [-0.2, 0) is 6.54 Å². The molecule has 2 unspecified atom stereocenters. The van der Waals surface area contributed by atoms with Gasteiger partial charge in [0, 0.05) is 29.8 Å². The number of benzene rings is 1. The zero-order valence-corrected chi connectivity index (χ0v) is 14.5. The fourth-order valence-electron chi connectivity index (χ4n) is 3.33. The lowest BCUT2D eigenvalue weighted by atomic mass is 9.84. The maximum absolute atomic E-state index is 3.62. The Morgan fingerprint density at radius 2 is 2.05 bits per heavy atom. The monoisotopic (exact) mass is 338 g/mol. The zero-order valence-electron chi connectivity index (χ0n) is 13.0. The Morgan fingerprint density at radius 3 is 2.75 bits per heavy atom. The molecule has 0 spiro atoms. The smallest absolute Gasteiger partial charge is 0.0423 e. The molecular formula is C17H27BrN2. The molecule has 20 heavy (non-hydrogen) atoms. The van der Waals surface area contributed by atoms with E-state index in [2.05, 4.69) is 65.2 Å². The summed E-state index contributed by atoms with van der Waals surface area (Å²) in [6, 6.07) is 7.34. The lowest BCUT2D eigenvalue weighted by Gasteiger charge is -2.38. The summed E-state index contributed by atoms with van der Waals surface area (Å²) in [6.45, 7) is 6.53. The Kier molecular flexibility index (Phi) is 5.91. The van der Waals surface area contributed by atoms with Gasteiger partial charge in [0.1, 0.15) is 0 Å². The summed E-state index contributed by atoms with van der Waals surface area (Å²) in [5.74, 6) is 0.791. The summed E-state index contributed by atoms with van der Waals surface area (Å²) < 4.78 is 1.17. The molecular weight excluding hydrogens is 312 g/mol. The van der Waals surface area contributed by atoms with Crippen molar-refractivity contribution >= 4 is 21.6 Å². The lowest BCUT2D eigenvalue weighted by Crippen LogP contribution is -2.39. The van der Waals surface area contributed by atoms with E-state index in [-0.39, 0.29) is 0 Å². The SMILES string of the molecule is CCNCc1ccc(Br)cc1N(C)C1CCCCC1C. The van der Waals surface area contributed by atoms with Crippen molar-refractivity contribution in [3.63, 3.8) is 0 Å². The molecule has 0 saturated heterocycles. The van der Waals surface area contributed by atoms with Gasteiger partial charge in [0.05, 0.1) is 0 Å². The summed E-state index contributed by atoms with van der Waals surface area (Å²) in [6.07, 6.45) is 5.46. The maximum atomic E-state index is 3.62. The first-order valence-electron chi connectivity index (χ1n) is 7.85. The minimum atomic E-state index is 0.679. The molecule has 0 bridgehead atoms. The molecule has 0 aliphatic heterocycles. The topological polar surface area (TPSA) is 15.3 Å². The molecule has 1 aromatic rings. The van der Waals surface area contributed by atoms with Crippen LogP contribution in [0.3, 0.4) is 0 Å². The van der Waals surface area contributed by atoms with E-state index >= 15 is 0 Å². The first-order chi connectivity index (χ1) is 9.63. The number of halogens is 1. The van der Waals surface area contributed by atoms with Crippen molar-refractivity contribution in [2.45, 2.75) is 52.1 Å². The normalized spacial score (nSPS) is 22.8. The van der Waals surface area contributed by atoms with Gasteiger partial charge >= 0.3 is 0 Å². The van der Waals surface area contributed by atoms with E-state index in [0.29, 0.717) is 6.04 Å². The molecule has 0 amide bonds. The summed E-state index contributed by atoms with van der Waals surface area (Å²) in [5.41, 5.74) is 2.77. The molecule has 112 valence electrons. The van der Waals surface area contributed by atoms with Gasteiger partial charge in [0.2, 0.25) is 0 Å². The average Bonchev–Trinajstić information content (AvgIpc) is 2.46. The summed E-state index contributed by atoms with van der Waals surface area (Å²) in [4.78, 5) is 2.52. The maximum Gasteiger partial charge on any atom is 0.0423 e. The first kappa shape index (κ1) is 15.8.